The lowest BCUT2D eigenvalue weighted by molar-refractivity contribution is -0.145. The van der Waals surface area contributed by atoms with Crippen LogP contribution in [0.4, 0.5) is 0 Å². The summed E-state index contributed by atoms with van der Waals surface area (Å²) in [5.41, 5.74) is 1.15. The Bertz CT molecular complexity index is 658. The summed E-state index contributed by atoms with van der Waals surface area (Å²) in [6.45, 7) is 9.05. The van der Waals surface area contributed by atoms with E-state index >= 15 is 0 Å². The minimum absolute atomic E-state index is 0.0385. The smallest absolute Gasteiger partial charge is 0.134 e. The Balaban J connectivity index is 1.75. The van der Waals surface area contributed by atoms with Gasteiger partial charge in [0.1, 0.15) is 5.44 Å². The van der Waals surface area contributed by atoms with Gasteiger partial charge in [0.25, 0.3) is 0 Å². The monoisotopic (exact) mass is 354 g/mol. The molecule has 25 heavy (non-hydrogen) atoms. The molecule has 0 N–H and O–H groups in total. The van der Waals surface area contributed by atoms with Crippen molar-refractivity contribution < 1.29 is 9.47 Å². The molecule has 0 saturated carbocycles. The molecular weight excluding hydrogens is 328 g/mol. The standard InChI is InChI=1S/C22H26O2S/c1-4-20-16(2)17(3)21(23-15-18-11-7-5-8-12-18)22(24-20)25-19-13-9-6-10-14-19/h4-14,16-17,20-22H,1,15H2,2-3H3/t16-,17?,20?,21+,22+/m0/s1. The van der Waals surface area contributed by atoms with Gasteiger partial charge in [-0.05, 0) is 29.5 Å². The van der Waals surface area contributed by atoms with Crippen LogP contribution < -0.4 is 0 Å². The summed E-state index contributed by atoms with van der Waals surface area (Å²) >= 11 is 1.74. The summed E-state index contributed by atoms with van der Waals surface area (Å²) in [7, 11) is 0. The maximum Gasteiger partial charge on any atom is 0.134 e. The first-order valence-corrected chi connectivity index (χ1v) is 9.72. The highest BCUT2D eigenvalue weighted by atomic mass is 32.2. The fourth-order valence-electron chi connectivity index (χ4n) is 3.20. The number of ether oxygens (including phenoxy) is 2. The summed E-state index contributed by atoms with van der Waals surface area (Å²) in [4.78, 5) is 1.20. The molecule has 1 aliphatic rings. The fourth-order valence-corrected chi connectivity index (χ4v) is 4.42. The van der Waals surface area contributed by atoms with Crippen molar-refractivity contribution in [2.75, 3.05) is 0 Å². The Morgan fingerprint density at radius 1 is 1.00 bits per heavy atom. The van der Waals surface area contributed by atoms with E-state index in [9.17, 15) is 0 Å². The average molecular weight is 355 g/mol. The van der Waals surface area contributed by atoms with E-state index in [1.165, 1.54) is 10.5 Å². The van der Waals surface area contributed by atoms with E-state index in [4.69, 9.17) is 9.47 Å². The third-order valence-corrected chi connectivity index (χ3v) is 6.09. The molecule has 2 unspecified atom stereocenters. The molecular formula is C22H26O2S. The highest BCUT2D eigenvalue weighted by Gasteiger charge is 2.41. The molecule has 0 amide bonds. The van der Waals surface area contributed by atoms with Crippen LogP contribution in [0, 0.1) is 11.8 Å². The van der Waals surface area contributed by atoms with E-state index < -0.39 is 0 Å². The van der Waals surface area contributed by atoms with E-state index in [1.54, 1.807) is 11.8 Å². The van der Waals surface area contributed by atoms with Gasteiger partial charge in [-0.2, -0.15) is 0 Å². The van der Waals surface area contributed by atoms with Gasteiger partial charge in [-0.3, -0.25) is 0 Å². The summed E-state index contributed by atoms with van der Waals surface area (Å²) in [6.07, 6.45) is 2.03. The van der Waals surface area contributed by atoms with Gasteiger partial charge in [0, 0.05) is 4.90 Å². The zero-order valence-electron chi connectivity index (χ0n) is 14.9. The van der Waals surface area contributed by atoms with Crippen molar-refractivity contribution in [2.24, 2.45) is 11.8 Å². The van der Waals surface area contributed by atoms with E-state index in [1.807, 2.05) is 30.3 Å². The molecule has 1 saturated heterocycles. The second-order valence-electron chi connectivity index (χ2n) is 6.62. The Morgan fingerprint density at radius 2 is 1.64 bits per heavy atom. The number of hydrogen-bond donors (Lipinski definition) is 0. The lowest BCUT2D eigenvalue weighted by Crippen LogP contribution is -2.48. The molecule has 2 nitrogen and oxygen atoms in total. The second kappa shape index (κ2) is 8.70. The number of hydrogen-bond acceptors (Lipinski definition) is 3. The SMILES string of the molecule is C=CC1O[C@H](Sc2ccccc2)[C@H](OCc2ccccc2)C(C)[C@@H]1C. The Hall–Kier alpha value is -1.55. The van der Waals surface area contributed by atoms with Crippen molar-refractivity contribution in [3.8, 4) is 0 Å². The molecule has 0 bridgehead atoms. The molecule has 1 aliphatic heterocycles. The lowest BCUT2D eigenvalue weighted by atomic mass is 9.84. The van der Waals surface area contributed by atoms with E-state index in [0.29, 0.717) is 18.4 Å². The molecule has 3 rings (SSSR count). The molecule has 5 atom stereocenters. The van der Waals surface area contributed by atoms with Crippen molar-refractivity contribution in [3.63, 3.8) is 0 Å². The van der Waals surface area contributed by atoms with Crippen molar-refractivity contribution in [1.29, 1.82) is 0 Å². The van der Waals surface area contributed by atoms with E-state index in [2.05, 4.69) is 56.8 Å². The molecule has 1 fully saturated rings. The van der Waals surface area contributed by atoms with Crippen LogP contribution in [0.1, 0.15) is 19.4 Å². The molecule has 2 aromatic carbocycles. The van der Waals surface area contributed by atoms with Crippen LogP contribution in [0.2, 0.25) is 0 Å². The van der Waals surface area contributed by atoms with Gasteiger partial charge in [0.2, 0.25) is 0 Å². The number of benzene rings is 2. The van der Waals surface area contributed by atoms with Gasteiger partial charge in [0.15, 0.2) is 0 Å². The van der Waals surface area contributed by atoms with Crippen LogP contribution in [-0.2, 0) is 16.1 Å². The Kier molecular flexibility index (Phi) is 6.35. The second-order valence-corrected chi connectivity index (χ2v) is 7.79. The molecule has 0 spiro atoms. The summed E-state index contributed by atoms with van der Waals surface area (Å²) in [5, 5.41) is 0. The van der Waals surface area contributed by atoms with Crippen molar-refractivity contribution >= 4 is 11.8 Å². The maximum atomic E-state index is 6.35. The van der Waals surface area contributed by atoms with Crippen molar-refractivity contribution in [3.05, 3.63) is 78.9 Å². The minimum Gasteiger partial charge on any atom is -0.370 e. The van der Waals surface area contributed by atoms with Crippen molar-refractivity contribution in [2.45, 2.75) is 43.0 Å². The van der Waals surface area contributed by atoms with Crippen LogP contribution in [0.15, 0.2) is 78.2 Å². The zero-order valence-corrected chi connectivity index (χ0v) is 15.7. The molecule has 1 heterocycles. The molecule has 3 heteroatoms. The summed E-state index contributed by atoms with van der Waals surface area (Å²) in [6, 6.07) is 20.7. The van der Waals surface area contributed by atoms with Crippen LogP contribution in [0.5, 0.6) is 0 Å². The highest BCUT2D eigenvalue weighted by Crippen LogP contribution is 2.40. The highest BCUT2D eigenvalue weighted by molar-refractivity contribution is 7.99. The van der Waals surface area contributed by atoms with Gasteiger partial charge >= 0.3 is 0 Å². The van der Waals surface area contributed by atoms with Gasteiger partial charge in [0.05, 0.1) is 18.8 Å². The topological polar surface area (TPSA) is 18.5 Å². The molecule has 132 valence electrons. The first kappa shape index (κ1) is 18.2. The molecule has 0 radical (unpaired) electrons. The third kappa shape index (κ3) is 4.55. The van der Waals surface area contributed by atoms with E-state index in [-0.39, 0.29) is 17.6 Å². The quantitative estimate of drug-likeness (QED) is 0.634. The third-order valence-electron chi connectivity index (χ3n) is 4.94. The first-order chi connectivity index (χ1) is 12.2. The van der Waals surface area contributed by atoms with Gasteiger partial charge < -0.3 is 9.47 Å². The molecule has 2 aromatic rings. The summed E-state index contributed by atoms with van der Waals surface area (Å²) in [5.74, 6) is 0.771. The largest absolute Gasteiger partial charge is 0.370 e. The molecule has 0 aliphatic carbocycles. The predicted octanol–water partition coefficient (Wildman–Crippen LogP) is 5.55. The predicted molar refractivity (Wildman–Crippen MR) is 105 cm³/mol. The fraction of sp³-hybridized carbons (Fsp3) is 0.364. The Morgan fingerprint density at radius 3 is 2.28 bits per heavy atom. The van der Waals surface area contributed by atoms with Gasteiger partial charge in [-0.25, -0.2) is 0 Å². The summed E-state index contributed by atoms with van der Waals surface area (Å²) < 4.78 is 12.7. The number of rotatable bonds is 6. The van der Waals surface area contributed by atoms with Crippen LogP contribution in [-0.4, -0.2) is 17.6 Å². The van der Waals surface area contributed by atoms with Crippen LogP contribution >= 0.6 is 11.8 Å². The molecule has 0 aromatic heterocycles. The van der Waals surface area contributed by atoms with Gasteiger partial charge in [-0.15, -0.1) is 6.58 Å². The van der Waals surface area contributed by atoms with Crippen LogP contribution in [0.3, 0.4) is 0 Å². The van der Waals surface area contributed by atoms with E-state index in [0.717, 1.165) is 0 Å². The minimum atomic E-state index is -0.0414. The average Bonchev–Trinajstić information content (AvgIpc) is 2.66. The maximum absolute atomic E-state index is 6.35. The van der Waals surface area contributed by atoms with Gasteiger partial charge in [-0.1, -0.05) is 80.2 Å². The Labute approximate surface area is 155 Å². The number of thioether (sulfide) groups is 1. The zero-order chi connectivity index (χ0) is 17.6. The first-order valence-electron chi connectivity index (χ1n) is 8.84. The van der Waals surface area contributed by atoms with Crippen LogP contribution in [0.25, 0.3) is 0 Å². The lowest BCUT2D eigenvalue weighted by Gasteiger charge is -2.43. The normalized spacial score (nSPS) is 29.3. The van der Waals surface area contributed by atoms with Crippen molar-refractivity contribution in [1.82, 2.24) is 0 Å².